The molecule has 0 radical (unpaired) electrons. The first-order valence-electron chi connectivity index (χ1n) is 9.95. The highest BCUT2D eigenvalue weighted by Crippen LogP contribution is 2.40. The van der Waals surface area contributed by atoms with Crippen molar-refractivity contribution < 1.29 is 4.92 Å². The molecule has 1 N–H and O–H groups in total. The molecule has 8 nitrogen and oxygen atoms in total. The van der Waals surface area contributed by atoms with Crippen LogP contribution in [0.5, 0.6) is 0 Å². The molecule has 3 aliphatic rings. The van der Waals surface area contributed by atoms with Crippen LogP contribution in [0.1, 0.15) is 47.0 Å². The molecule has 4 heterocycles. The van der Waals surface area contributed by atoms with Crippen molar-refractivity contribution >= 4 is 11.5 Å². The van der Waals surface area contributed by atoms with E-state index in [0.717, 1.165) is 17.7 Å². The normalized spacial score (nSPS) is 22.9. The average Bonchev–Trinajstić information content (AvgIpc) is 2.72. The number of rotatable bonds is 5. The maximum atomic E-state index is 11.4. The van der Waals surface area contributed by atoms with Crippen LogP contribution >= 0.6 is 0 Å². The van der Waals surface area contributed by atoms with Gasteiger partial charge in [0.25, 0.3) is 0 Å². The predicted molar refractivity (Wildman–Crippen MR) is 109 cm³/mol. The Hall–Kier alpha value is -3.05. The van der Waals surface area contributed by atoms with Crippen molar-refractivity contribution in [3.8, 4) is 6.07 Å². The first-order valence-corrected chi connectivity index (χ1v) is 9.95. The highest BCUT2D eigenvalue weighted by atomic mass is 16.6. The SMILES string of the molecule is Cc1nc(C)c([N+](=O)[O-])c(NCc2ccc(C3CN4CCC3CC4)c(C#N)c2)n1. The second-order valence-electron chi connectivity index (χ2n) is 7.94. The zero-order valence-corrected chi connectivity index (χ0v) is 16.7. The number of nitrogens with zero attached hydrogens (tertiary/aromatic N) is 5. The van der Waals surface area contributed by atoms with E-state index >= 15 is 0 Å². The molecule has 8 heteroatoms. The average molecular weight is 392 g/mol. The number of hydrogen-bond acceptors (Lipinski definition) is 7. The van der Waals surface area contributed by atoms with Crippen LogP contribution < -0.4 is 5.32 Å². The molecule has 150 valence electrons. The molecule has 1 aromatic carbocycles. The van der Waals surface area contributed by atoms with Crippen LogP contribution in [0.3, 0.4) is 0 Å². The van der Waals surface area contributed by atoms with Gasteiger partial charge in [0.15, 0.2) is 0 Å². The molecule has 3 saturated heterocycles. The fraction of sp³-hybridized carbons (Fsp3) is 0.476. The predicted octanol–water partition coefficient (Wildman–Crippen LogP) is 3.29. The molecule has 0 spiro atoms. The lowest BCUT2D eigenvalue weighted by Crippen LogP contribution is -2.46. The topological polar surface area (TPSA) is 108 Å². The van der Waals surface area contributed by atoms with Crippen LogP contribution in [0.15, 0.2) is 18.2 Å². The fourth-order valence-corrected chi connectivity index (χ4v) is 4.69. The molecule has 0 amide bonds. The third-order valence-electron chi connectivity index (χ3n) is 6.11. The van der Waals surface area contributed by atoms with Crippen molar-refractivity contribution in [2.75, 3.05) is 25.0 Å². The summed E-state index contributed by atoms with van der Waals surface area (Å²) in [5, 5.41) is 24.2. The Morgan fingerprint density at radius 2 is 2.07 bits per heavy atom. The smallest absolute Gasteiger partial charge is 0.332 e. The van der Waals surface area contributed by atoms with Gasteiger partial charge in [-0.3, -0.25) is 10.1 Å². The number of aromatic nitrogens is 2. The highest BCUT2D eigenvalue weighted by Gasteiger charge is 2.36. The van der Waals surface area contributed by atoms with Gasteiger partial charge in [-0.25, -0.2) is 9.97 Å². The Morgan fingerprint density at radius 1 is 1.31 bits per heavy atom. The Balaban J connectivity index is 1.56. The molecule has 1 unspecified atom stereocenters. The molecule has 29 heavy (non-hydrogen) atoms. The van der Waals surface area contributed by atoms with Gasteiger partial charge in [-0.15, -0.1) is 0 Å². The van der Waals surface area contributed by atoms with Crippen LogP contribution in [0, 0.1) is 41.2 Å². The molecule has 0 saturated carbocycles. The van der Waals surface area contributed by atoms with Crippen LogP contribution in [-0.4, -0.2) is 39.4 Å². The summed E-state index contributed by atoms with van der Waals surface area (Å²) in [6.45, 7) is 7.03. The first kappa shape index (κ1) is 19.3. The van der Waals surface area contributed by atoms with Crippen molar-refractivity contribution in [1.82, 2.24) is 14.9 Å². The third-order valence-corrected chi connectivity index (χ3v) is 6.11. The maximum Gasteiger partial charge on any atom is 0.332 e. The highest BCUT2D eigenvalue weighted by molar-refractivity contribution is 5.58. The van der Waals surface area contributed by atoms with E-state index in [2.05, 4.69) is 32.3 Å². The number of nitrogens with one attached hydrogen (secondary N) is 1. The van der Waals surface area contributed by atoms with Gasteiger partial charge in [0.2, 0.25) is 5.82 Å². The van der Waals surface area contributed by atoms with Gasteiger partial charge in [-0.2, -0.15) is 5.26 Å². The third kappa shape index (κ3) is 3.78. The second kappa shape index (κ2) is 7.76. The van der Waals surface area contributed by atoms with Gasteiger partial charge in [-0.1, -0.05) is 12.1 Å². The van der Waals surface area contributed by atoms with Crippen molar-refractivity contribution in [2.45, 2.75) is 39.2 Å². The quantitative estimate of drug-likeness (QED) is 0.614. The Morgan fingerprint density at radius 3 is 2.69 bits per heavy atom. The van der Waals surface area contributed by atoms with Gasteiger partial charge in [0, 0.05) is 19.0 Å². The van der Waals surface area contributed by atoms with E-state index in [1.54, 1.807) is 13.8 Å². The summed E-state index contributed by atoms with van der Waals surface area (Å²) in [6.07, 6.45) is 2.41. The monoisotopic (exact) mass is 392 g/mol. The van der Waals surface area contributed by atoms with E-state index in [4.69, 9.17) is 0 Å². The Bertz CT molecular complexity index is 991. The Labute approximate surface area is 169 Å². The molecule has 1 atom stereocenters. The summed E-state index contributed by atoms with van der Waals surface area (Å²) in [5.74, 6) is 1.76. The lowest BCUT2D eigenvalue weighted by atomic mass is 9.74. The number of nitriles is 1. The number of hydrogen-bond donors (Lipinski definition) is 1. The summed E-state index contributed by atoms with van der Waals surface area (Å²) in [5.41, 5.74) is 2.95. The molecular weight excluding hydrogens is 368 g/mol. The first-order chi connectivity index (χ1) is 14.0. The molecule has 0 aliphatic carbocycles. The summed E-state index contributed by atoms with van der Waals surface area (Å²) < 4.78 is 0. The molecule has 2 aromatic rings. The van der Waals surface area contributed by atoms with Crippen LogP contribution in [0.4, 0.5) is 11.5 Å². The molecule has 1 aromatic heterocycles. The summed E-state index contributed by atoms with van der Waals surface area (Å²) in [7, 11) is 0. The van der Waals surface area contributed by atoms with Crippen LogP contribution in [-0.2, 0) is 6.54 Å². The van der Waals surface area contributed by atoms with E-state index in [-0.39, 0.29) is 11.5 Å². The number of aryl methyl sites for hydroxylation is 2. The number of fused-ring (bicyclic) bond motifs is 3. The standard InChI is InChI=1S/C21H24N6O2/c1-13-20(27(28)29)21(25-14(2)24-13)23-11-15-3-4-18(17(9-15)10-22)19-12-26-7-5-16(19)6-8-26/h3-4,9,16,19H,5-8,11-12H2,1-2H3,(H,23,24,25). The summed E-state index contributed by atoms with van der Waals surface area (Å²) in [6, 6.07) is 8.32. The van der Waals surface area contributed by atoms with E-state index < -0.39 is 4.92 Å². The van der Waals surface area contributed by atoms with Crippen LogP contribution in [0.25, 0.3) is 0 Å². The molecule has 3 aliphatic heterocycles. The zero-order valence-electron chi connectivity index (χ0n) is 16.7. The van der Waals surface area contributed by atoms with Crippen LogP contribution in [0.2, 0.25) is 0 Å². The summed E-state index contributed by atoms with van der Waals surface area (Å²) >= 11 is 0. The largest absolute Gasteiger partial charge is 0.360 e. The van der Waals surface area contributed by atoms with Gasteiger partial charge in [0.1, 0.15) is 11.5 Å². The maximum absolute atomic E-state index is 11.4. The minimum atomic E-state index is -0.464. The van der Waals surface area contributed by atoms with Gasteiger partial charge >= 0.3 is 5.69 Å². The van der Waals surface area contributed by atoms with E-state index in [1.165, 1.54) is 25.9 Å². The lowest BCUT2D eigenvalue weighted by molar-refractivity contribution is -0.385. The van der Waals surface area contributed by atoms with E-state index in [1.807, 2.05) is 12.1 Å². The van der Waals surface area contributed by atoms with Gasteiger partial charge in [-0.05, 0) is 62.9 Å². The number of piperidine rings is 3. The minimum Gasteiger partial charge on any atom is -0.360 e. The van der Waals surface area contributed by atoms with E-state index in [9.17, 15) is 15.4 Å². The fourth-order valence-electron chi connectivity index (χ4n) is 4.69. The molecule has 2 bridgehead atoms. The number of benzene rings is 1. The zero-order chi connectivity index (χ0) is 20.5. The second-order valence-corrected chi connectivity index (χ2v) is 7.94. The molecule has 5 rings (SSSR count). The van der Waals surface area contributed by atoms with Crippen molar-refractivity contribution in [1.29, 1.82) is 5.26 Å². The number of anilines is 1. The van der Waals surface area contributed by atoms with Gasteiger partial charge in [0.05, 0.1) is 16.6 Å². The van der Waals surface area contributed by atoms with Crippen molar-refractivity contribution in [3.63, 3.8) is 0 Å². The summed E-state index contributed by atoms with van der Waals surface area (Å²) in [4.78, 5) is 21.7. The van der Waals surface area contributed by atoms with E-state index in [0.29, 0.717) is 35.5 Å². The van der Waals surface area contributed by atoms with Gasteiger partial charge < -0.3 is 10.2 Å². The van der Waals surface area contributed by atoms with Crippen molar-refractivity contribution in [3.05, 3.63) is 56.5 Å². The molecular formula is C21H24N6O2. The number of nitro groups is 1. The Kier molecular flexibility index (Phi) is 5.16. The van der Waals surface area contributed by atoms with Crippen molar-refractivity contribution in [2.24, 2.45) is 5.92 Å². The lowest BCUT2D eigenvalue weighted by Gasteiger charge is -2.45. The minimum absolute atomic E-state index is 0.111. The molecule has 3 fully saturated rings.